The normalized spacial score (nSPS) is 8.43. The molecule has 0 N–H and O–H groups in total. The number of benzene rings is 1. The Morgan fingerprint density at radius 1 is 1.36 bits per heavy atom. The maximum atomic E-state index is 8.57. The van der Waals surface area contributed by atoms with Gasteiger partial charge in [0.05, 0.1) is 6.61 Å². The first-order chi connectivity index (χ1) is 6.85. The molecule has 0 heterocycles. The van der Waals surface area contributed by atoms with Gasteiger partial charge in [-0.25, -0.2) is 0 Å². The number of ether oxygens (including phenoxy) is 1. The van der Waals surface area contributed by atoms with Crippen LogP contribution in [-0.4, -0.2) is 12.4 Å². The van der Waals surface area contributed by atoms with Gasteiger partial charge in [-0.05, 0) is 30.2 Å². The number of carbonyl (C=O) groups is 1. The second-order valence-corrected chi connectivity index (χ2v) is 2.78. The van der Waals surface area contributed by atoms with Gasteiger partial charge in [0.25, 0.3) is 0 Å². The lowest BCUT2D eigenvalue weighted by Crippen LogP contribution is -1.95. The highest BCUT2D eigenvalue weighted by Gasteiger charge is 1.88. The summed E-state index contributed by atoms with van der Waals surface area (Å²) in [6.45, 7) is 2.99. The minimum absolute atomic E-state index is 0.222. The van der Waals surface area contributed by atoms with Crippen LogP contribution in [0.15, 0.2) is 30.3 Å². The Balaban J connectivity index is 0.000000500. The average Bonchev–Trinajstić information content (AvgIpc) is 2.21. The van der Waals surface area contributed by atoms with Crippen molar-refractivity contribution < 1.29 is 9.53 Å². The topological polar surface area (TPSA) is 26.3 Å². The third-order valence-electron chi connectivity index (χ3n) is 1.51. The Labute approximate surface area is 89.8 Å². The lowest BCUT2D eigenvalue weighted by molar-refractivity contribution is 0.309. The molecule has 0 atom stereocenters. The van der Waals surface area contributed by atoms with Gasteiger partial charge in [-0.2, -0.15) is 0 Å². The molecule has 14 heavy (non-hydrogen) atoms. The maximum Gasteiger partial charge on any atom is 0.208 e. The number of carbonyl (C=O) groups excluding carboxylic acids is 1. The van der Waals surface area contributed by atoms with Crippen molar-refractivity contribution in [2.24, 2.45) is 0 Å². The molecule has 0 amide bonds. The van der Waals surface area contributed by atoms with Gasteiger partial charge < -0.3 is 4.74 Å². The molecule has 0 aromatic heterocycles. The highest BCUT2D eigenvalue weighted by molar-refractivity contribution is 6.54. The first kappa shape index (κ1) is 13.0. The lowest BCUT2D eigenvalue weighted by Gasteiger charge is -2.03. The molecule has 0 unspecified atom stereocenters. The van der Waals surface area contributed by atoms with Crippen LogP contribution in [-0.2, 0) is 4.79 Å². The number of halogens is 1. The summed E-state index contributed by atoms with van der Waals surface area (Å²) >= 11 is 4.32. The second kappa shape index (κ2) is 10.1. The van der Waals surface area contributed by atoms with E-state index in [1.807, 2.05) is 30.3 Å². The number of para-hydroxylation sites is 1. The highest BCUT2D eigenvalue weighted by Crippen LogP contribution is 2.08. The minimum Gasteiger partial charge on any atom is -0.494 e. The van der Waals surface area contributed by atoms with E-state index in [9.17, 15) is 0 Å². The van der Waals surface area contributed by atoms with Crippen LogP contribution < -0.4 is 4.74 Å². The molecule has 1 aromatic carbocycles. The molecule has 1 rings (SSSR count). The SMILES string of the molecule is CCCCOc1ccccc1.O=CCl. The van der Waals surface area contributed by atoms with E-state index in [0.717, 1.165) is 18.8 Å². The molecule has 78 valence electrons. The van der Waals surface area contributed by atoms with Crippen LogP contribution >= 0.6 is 11.6 Å². The van der Waals surface area contributed by atoms with E-state index in [1.54, 1.807) is 0 Å². The number of hydrogen-bond donors (Lipinski definition) is 0. The summed E-state index contributed by atoms with van der Waals surface area (Å²) in [7, 11) is 0. The molecule has 0 saturated heterocycles. The fourth-order valence-corrected chi connectivity index (χ4v) is 0.851. The van der Waals surface area contributed by atoms with E-state index < -0.39 is 0 Å². The standard InChI is InChI=1S/C10H14O.CHClO/c1-2-3-9-11-10-7-5-4-6-8-10;2-1-3/h4-8H,2-3,9H2,1H3;1H. The molecular weight excluding hydrogens is 200 g/mol. The Bertz CT molecular complexity index is 224. The number of unbranched alkanes of at least 4 members (excludes halogenated alkanes) is 1. The van der Waals surface area contributed by atoms with Crippen molar-refractivity contribution in [3.63, 3.8) is 0 Å². The van der Waals surface area contributed by atoms with Crippen molar-refractivity contribution in [3.8, 4) is 5.75 Å². The van der Waals surface area contributed by atoms with Crippen molar-refractivity contribution in [2.75, 3.05) is 6.61 Å². The zero-order valence-corrected chi connectivity index (χ0v) is 9.04. The Kier molecular flexibility index (Phi) is 9.33. The van der Waals surface area contributed by atoms with Gasteiger partial charge in [0, 0.05) is 0 Å². The minimum atomic E-state index is 0.222. The largest absolute Gasteiger partial charge is 0.494 e. The van der Waals surface area contributed by atoms with E-state index in [4.69, 9.17) is 9.53 Å². The summed E-state index contributed by atoms with van der Waals surface area (Å²) in [5.74, 6) is 1.20. The predicted molar refractivity (Wildman–Crippen MR) is 59.4 cm³/mol. The van der Waals surface area contributed by atoms with Crippen LogP contribution in [0.4, 0.5) is 0 Å². The molecule has 1 aromatic rings. The van der Waals surface area contributed by atoms with Crippen LogP contribution in [0.25, 0.3) is 0 Å². The van der Waals surface area contributed by atoms with E-state index in [-0.39, 0.29) is 5.75 Å². The van der Waals surface area contributed by atoms with Crippen LogP contribution in [0.1, 0.15) is 19.8 Å². The van der Waals surface area contributed by atoms with Crippen LogP contribution in [0.5, 0.6) is 5.75 Å². The maximum absolute atomic E-state index is 8.57. The molecule has 2 nitrogen and oxygen atoms in total. The Morgan fingerprint density at radius 3 is 2.43 bits per heavy atom. The average molecular weight is 215 g/mol. The van der Waals surface area contributed by atoms with E-state index in [0.29, 0.717) is 0 Å². The summed E-state index contributed by atoms with van der Waals surface area (Å²) in [4.78, 5) is 8.57. The van der Waals surface area contributed by atoms with E-state index in [1.165, 1.54) is 6.42 Å². The quantitative estimate of drug-likeness (QED) is 0.437. The van der Waals surface area contributed by atoms with Crippen molar-refractivity contribution in [1.29, 1.82) is 0 Å². The highest BCUT2D eigenvalue weighted by atomic mass is 35.5. The van der Waals surface area contributed by atoms with Gasteiger partial charge in [0.1, 0.15) is 5.75 Å². The van der Waals surface area contributed by atoms with Crippen LogP contribution in [0, 0.1) is 0 Å². The fourth-order valence-electron chi connectivity index (χ4n) is 0.851. The molecular formula is C11H15ClO2. The van der Waals surface area contributed by atoms with Crippen molar-refractivity contribution in [3.05, 3.63) is 30.3 Å². The van der Waals surface area contributed by atoms with Crippen LogP contribution in [0.2, 0.25) is 0 Å². The number of hydrogen-bond acceptors (Lipinski definition) is 2. The Hall–Kier alpha value is -1.02. The fraction of sp³-hybridized carbons (Fsp3) is 0.364. The molecule has 0 aliphatic rings. The molecule has 0 aliphatic heterocycles. The summed E-state index contributed by atoms with van der Waals surface area (Å²) < 4.78 is 5.45. The van der Waals surface area contributed by atoms with Crippen LogP contribution in [0.3, 0.4) is 0 Å². The third-order valence-corrected chi connectivity index (χ3v) is 1.51. The van der Waals surface area contributed by atoms with Crippen molar-refractivity contribution >= 4 is 17.3 Å². The smallest absolute Gasteiger partial charge is 0.208 e. The zero-order valence-electron chi connectivity index (χ0n) is 8.28. The van der Waals surface area contributed by atoms with Gasteiger partial charge in [-0.15, -0.1) is 0 Å². The summed E-state index contributed by atoms with van der Waals surface area (Å²) in [5.41, 5.74) is 0. The first-order valence-electron chi connectivity index (χ1n) is 4.56. The van der Waals surface area contributed by atoms with Gasteiger partial charge >= 0.3 is 0 Å². The zero-order chi connectivity index (χ0) is 10.6. The predicted octanol–water partition coefficient (Wildman–Crippen LogP) is 3.28. The monoisotopic (exact) mass is 214 g/mol. The molecule has 0 fully saturated rings. The summed E-state index contributed by atoms with van der Waals surface area (Å²) in [6, 6.07) is 9.93. The summed E-state index contributed by atoms with van der Waals surface area (Å²) in [5, 5.41) is 0. The van der Waals surface area contributed by atoms with Gasteiger partial charge in [0.2, 0.25) is 5.75 Å². The molecule has 0 aliphatic carbocycles. The molecule has 0 spiro atoms. The lowest BCUT2D eigenvalue weighted by atomic mass is 10.3. The Morgan fingerprint density at radius 2 is 1.93 bits per heavy atom. The van der Waals surface area contributed by atoms with Crippen molar-refractivity contribution in [1.82, 2.24) is 0 Å². The van der Waals surface area contributed by atoms with E-state index in [2.05, 4.69) is 18.5 Å². The van der Waals surface area contributed by atoms with Gasteiger partial charge in [-0.3, -0.25) is 4.79 Å². The van der Waals surface area contributed by atoms with Crippen molar-refractivity contribution in [2.45, 2.75) is 19.8 Å². The molecule has 0 radical (unpaired) electrons. The first-order valence-corrected chi connectivity index (χ1v) is 5.00. The van der Waals surface area contributed by atoms with Gasteiger partial charge in [-0.1, -0.05) is 31.5 Å². The third kappa shape index (κ3) is 7.62. The molecule has 0 saturated carbocycles. The van der Waals surface area contributed by atoms with Gasteiger partial charge in [0.15, 0.2) is 0 Å². The van der Waals surface area contributed by atoms with E-state index >= 15 is 0 Å². The number of rotatable bonds is 4. The second-order valence-electron chi connectivity index (χ2n) is 2.60. The molecule has 3 heteroatoms. The molecule has 0 bridgehead atoms. The summed E-state index contributed by atoms with van der Waals surface area (Å²) in [6.07, 6.45) is 2.32.